The van der Waals surface area contributed by atoms with Gasteiger partial charge in [0.2, 0.25) is 5.88 Å². The van der Waals surface area contributed by atoms with E-state index in [9.17, 15) is 4.79 Å². The topological polar surface area (TPSA) is 60.2 Å². The van der Waals surface area contributed by atoms with Crippen molar-refractivity contribution < 1.29 is 9.53 Å². The van der Waals surface area contributed by atoms with Gasteiger partial charge in [-0.2, -0.15) is 10.1 Å². The number of carbonyl (C=O) groups excluding carboxylic acids is 1. The third-order valence-electron chi connectivity index (χ3n) is 3.27. The first kappa shape index (κ1) is 12.9. The first-order valence-electron chi connectivity index (χ1n) is 6.17. The first-order chi connectivity index (χ1) is 9.61. The van der Waals surface area contributed by atoms with Crippen LogP contribution in [0.4, 0.5) is 5.82 Å². The number of hydrogen-bond donors (Lipinski definition) is 0. The average molecular weight is 293 g/mol. The lowest BCUT2D eigenvalue weighted by Crippen LogP contribution is -2.42. The molecule has 3 rings (SSSR count). The summed E-state index contributed by atoms with van der Waals surface area (Å²) in [4.78, 5) is 18.3. The van der Waals surface area contributed by atoms with Gasteiger partial charge in [-0.3, -0.25) is 14.4 Å². The molecule has 1 atom stereocenters. The van der Waals surface area contributed by atoms with Crippen molar-refractivity contribution >= 4 is 23.3 Å². The van der Waals surface area contributed by atoms with Crippen molar-refractivity contribution in [3.8, 4) is 5.88 Å². The van der Waals surface area contributed by atoms with Crippen LogP contribution >= 0.6 is 11.6 Å². The van der Waals surface area contributed by atoms with Crippen molar-refractivity contribution in [2.75, 3.05) is 18.6 Å². The molecule has 1 aliphatic heterocycles. The average Bonchev–Trinajstić information content (AvgIpc) is 2.94. The highest BCUT2D eigenvalue weighted by molar-refractivity contribution is 6.31. The molecule has 0 bridgehead atoms. The molecule has 0 fully saturated rings. The summed E-state index contributed by atoms with van der Waals surface area (Å²) in [6.07, 6.45) is 1.63. The Morgan fingerprint density at radius 2 is 2.20 bits per heavy atom. The molecular weight excluding hydrogens is 280 g/mol. The maximum atomic E-state index is 12.5. The molecule has 0 spiro atoms. The molecule has 6 nitrogen and oxygen atoms in total. The Balaban J connectivity index is 2.02. The van der Waals surface area contributed by atoms with Crippen LogP contribution in [0, 0.1) is 0 Å². The zero-order chi connectivity index (χ0) is 14.3. The lowest BCUT2D eigenvalue weighted by atomic mass is 10.2. The van der Waals surface area contributed by atoms with Crippen molar-refractivity contribution in [1.82, 2.24) is 14.8 Å². The molecule has 0 radical (unpaired) electrons. The number of carbonyl (C=O) groups is 1. The fourth-order valence-corrected chi connectivity index (χ4v) is 2.48. The van der Waals surface area contributed by atoms with Gasteiger partial charge in [0.15, 0.2) is 0 Å². The van der Waals surface area contributed by atoms with Crippen LogP contribution in [0.15, 0.2) is 24.4 Å². The summed E-state index contributed by atoms with van der Waals surface area (Å²) in [5.74, 6) is 0.705. The number of halogens is 1. The summed E-state index contributed by atoms with van der Waals surface area (Å²) in [5, 5.41) is 4.58. The van der Waals surface area contributed by atoms with Gasteiger partial charge in [-0.25, -0.2) is 0 Å². The number of amides is 1. The number of rotatable bonds is 2. The largest absolute Gasteiger partial charge is 0.480 e. The first-order valence-corrected chi connectivity index (χ1v) is 6.55. The summed E-state index contributed by atoms with van der Waals surface area (Å²) < 4.78 is 6.82. The van der Waals surface area contributed by atoms with Crippen molar-refractivity contribution in [3.63, 3.8) is 0 Å². The highest BCUT2D eigenvalue weighted by Gasteiger charge is 2.31. The number of methoxy groups -OCH3 is 1. The summed E-state index contributed by atoms with van der Waals surface area (Å²) >= 11 is 5.96. The van der Waals surface area contributed by atoms with Crippen molar-refractivity contribution in [2.45, 2.75) is 13.0 Å². The zero-order valence-corrected chi connectivity index (χ0v) is 11.8. The molecule has 0 N–H and O–H groups in total. The highest BCUT2D eigenvalue weighted by atomic mass is 35.5. The molecule has 1 aliphatic rings. The quantitative estimate of drug-likeness (QED) is 0.851. The van der Waals surface area contributed by atoms with Gasteiger partial charge in [0.05, 0.1) is 13.2 Å². The van der Waals surface area contributed by atoms with E-state index in [0.717, 1.165) is 0 Å². The van der Waals surface area contributed by atoms with Crippen LogP contribution in [-0.2, 0) is 0 Å². The van der Waals surface area contributed by atoms with Gasteiger partial charge in [-0.15, -0.1) is 0 Å². The molecule has 0 unspecified atom stereocenters. The van der Waals surface area contributed by atoms with E-state index in [1.165, 1.54) is 7.11 Å². The van der Waals surface area contributed by atoms with Gasteiger partial charge in [0.25, 0.3) is 5.91 Å². The molecule has 3 heterocycles. The summed E-state index contributed by atoms with van der Waals surface area (Å²) in [7, 11) is 1.49. The molecule has 0 aliphatic carbocycles. The molecule has 0 saturated heterocycles. The Kier molecular flexibility index (Phi) is 3.10. The van der Waals surface area contributed by atoms with E-state index in [1.807, 2.05) is 6.92 Å². The number of fused-ring (bicyclic) bond motifs is 1. The van der Waals surface area contributed by atoms with Crippen LogP contribution in [0.25, 0.3) is 0 Å². The van der Waals surface area contributed by atoms with E-state index in [4.69, 9.17) is 16.3 Å². The number of nitrogens with zero attached hydrogens (tertiary/aromatic N) is 4. The number of ether oxygens (including phenoxy) is 1. The Hall–Kier alpha value is -2.08. The molecule has 0 saturated carbocycles. The van der Waals surface area contributed by atoms with Gasteiger partial charge >= 0.3 is 0 Å². The molecule has 0 aromatic carbocycles. The second-order valence-corrected chi connectivity index (χ2v) is 4.99. The number of pyridine rings is 1. The van der Waals surface area contributed by atoms with Gasteiger partial charge in [0.1, 0.15) is 16.5 Å². The van der Waals surface area contributed by atoms with E-state index in [2.05, 4.69) is 10.1 Å². The fourth-order valence-electron chi connectivity index (χ4n) is 2.30. The van der Waals surface area contributed by atoms with Crippen LogP contribution in [0.2, 0.25) is 5.02 Å². The van der Waals surface area contributed by atoms with Gasteiger partial charge < -0.3 is 4.74 Å². The SMILES string of the molecule is COc1nc(N2C[C@H](C)n3nccc3C2=O)ccc1Cl. The van der Waals surface area contributed by atoms with Crippen LogP contribution in [0.3, 0.4) is 0 Å². The van der Waals surface area contributed by atoms with E-state index in [1.54, 1.807) is 34.0 Å². The second kappa shape index (κ2) is 4.79. The number of anilines is 1. The summed E-state index contributed by atoms with van der Waals surface area (Å²) in [5.41, 5.74) is 0.555. The minimum atomic E-state index is -0.127. The smallest absolute Gasteiger partial charge is 0.277 e. The van der Waals surface area contributed by atoms with Crippen molar-refractivity contribution in [2.24, 2.45) is 0 Å². The van der Waals surface area contributed by atoms with Crippen LogP contribution < -0.4 is 9.64 Å². The Bertz CT molecular complexity index is 670. The number of aromatic nitrogens is 3. The Morgan fingerprint density at radius 3 is 2.95 bits per heavy atom. The third-order valence-corrected chi connectivity index (χ3v) is 3.56. The highest BCUT2D eigenvalue weighted by Crippen LogP contribution is 2.29. The normalized spacial score (nSPS) is 18.1. The van der Waals surface area contributed by atoms with Gasteiger partial charge in [0, 0.05) is 12.7 Å². The maximum absolute atomic E-state index is 12.5. The molecule has 2 aromatic heterocycles. The maximum Gasteiger partial charge on any atom is 0.277 e. The Labute approximate surface area is 120 Å². The van der Waals surface area contributed by atoms with Gasteiger partial charge in [-0.05, 0) is 25.1 Å². The minimum absolute atomic E-state index is 0.0844. The molecule has 2 aromatic rings. The lowest BCUT2D eigenvalue weighted by Gasteiger charge is -2.31. The second-order valence-electron chi connectivity index (χ2n) is 4.59. The third kappa shape index (κ3) is 1.92. The molecule has 1 amide bonds. The lowest BCUT2D eigenvalue weighted by molar-refractivity contribution is 0.0952. The van der Waals surface area contributed by atoms with E-state index >= 15 is 0 Å². The molecular formula is C13H13ClN4O2. The number of hydrogen-bond acceptors (Lipinski definition) is 4. The molecule has 104 valence electrons. The van der Waals surface area contributed by atoms with Crippen molar-refractivity contribution in [1.29, 1.82) is 0 Å². The van der Waals surface area contributed by atoms with Crippen molar-refractivity contribution in [3.05, 3.63) is 35.1 Å². The van der Waals surface area contributed by atoms with E-state index in [-0.39, 0.29) is 11.9 Å². The van der Waals surface area contributed by atoms with E-state index in [0.29, 0.717) is 29.0 Å². The van der Waals surface area contributed by atoms with Crippen LogP contribution in [0.1, 0.15) is 23.5 Å². The predicted molar refractivity (Wildman–Crippen MR) is 74.4 cm³/mol. The minimum Gasteiger partial charge on any atom is -0.480 e. The van der Waals surface area contributed by atoms with Crippen LogP contribution in [-0.4, -0.2) is 34.3 Å². The monoisotopic (exact) mass is 292 g/mol. The summed E-state index contributed by atoms with van der Waals surface area (Å²) in [6, 6.07) is 5.17. The van der Waals surface area contributed by atoms with E-state index < -0.39 is 0 Å². The zero-order valence-electron chi connectivity index (χ0n) is 11.1. The molecule has 7 heteroatoms. The Morgan fingerprint density at radius 1 is 1.40 bits per heavy atom. The van der Waals surface area contributed by atoms with Crippen LogP contribution in [0.5, 0.6) is 5.88 Å². The van der Waals surface area contributed by atoms with Gasteiger partial charge in [-0.1, -0.05) is 11.6 Å². The standard InChI is InChI=1S/C13H13ClN4O2/c1-8-7-17(13(19)10-5-6-15-18(8)10)11-4-3-9(14)12(16-11)20-2/h3-6,8H,7H2,1-2H3/t8-/m0/s1. The fraction of sp³-hybridized carbons (Fsp3) is 0.308. The molecule has 20 heavy (non-hydrogen) atoms. The summed E-state index contributed by atoms with van der Waals surface area (Å²) in [6.45, 7) is 2.51. The predicted octanol–water partition coefficient (Wildman–Crippen LogP) is 2.16.